The van der Waals surface area contributed by atoms with Crippen LogP contribution in [0, 0.1) is 0 Å². The number of benzene rings is 1. The summed E-state index contributed by atoms with van der Waals surface area (Å²) in [6.07, 6.45) is 3.80. The van der Waals surface area contributed by atoms with E-state index in [-0.39, 0.29) is 18.0 Å². The van der Waals surface area contributed by atoms with E-state index in [1.165, 1.54) is 9.47 Å². The van der Waals surface area contributed by atoms with Gasteiger partial charge in [0.25, 0.3) is 0 Å². The Balaban J connectivity index is 1.21. The highest BCUT2D eigenvalue weighted by Gasteiger charge is 2.31. The van der Waals surface area contributed by atoms with Gasteiger partial charge in [0.1, 0.15) is 11.6 Å². The molecule has 1 N–H and O–H groups in total. The number of anilines is 1. The maximum absolute atomic E-state index is 13.1. The van der Waals surface area contributed by atoms with Crippen LogP contribution in [0.4, 0.5) is 10.5 Å². The number of fused-ring (bicyclic) bond motifs is 1. The van der Waals surface area contributed by atoms with Crippen LogP contribution in [0.1, 0.15) is 69.7 Å². The molecule has 3 aromatic rings. The van der Waals surface area contributed by atoms with E-state index in [4.69, 9.17) is 4.74 Å². The Morgan fingerprint density at radius 3 is 2.44 bits per heavy atom. The second kappa shape index (κ2) is 11.1. The Hall–Kier alpha value is -3.99. The van der Waals surface area contributed by atoms with Crippen LogP contribution < -0.4 is 15.9 Å². The molecule has 0 bridgehead atoms. The smallest absolute Gasteiger partial charge is 0.414 e. The van der Waals surface area contributed by atoms with E-state index in [2.05, 4.69) is 15.2 Å². The second-order valence-corrected chi connectivity index (χ2v) is 12.0. The molecule has 2 aliphatic rings. The van der Waals surface area contributed by atoms with Gasteiger partial charge in [-0.3, -0.25) is 38.8 Å². The van der Waals surface area contributed by atoms with Crippen molar-refractivity contribution in [2.24, 2.45) is 7.05 Å². The lowest BCUT2D eigenvalue weighted by atomic mass is 9.92. The zero-order chi connectivity index (χ0) is 29.5. The average molecular weight is 563 g/mol. The van der Waals surface area contributed by atoms with Gasteiger partial charge in [-0.2, -0.15) is 0 Å². The Kier molecular flexibility index (Phi) is 7.74. The standard InChI is InChI=1S/C30H38N6O5/c1-30(2,3)41-29(40)33(4)21-7-8-22(31-17-21)20-12-14-35(15-13-20)18-19-6-9-23-25(16-19)34(5)28(39)36(23)24-10-11-26(37)32-27(24)38/h6-9,16-17,20,24H,10-15,18H2,1-5H3,(H,32,37,38). The number of imide groups is 1. The number of amides is 3. The number of pyridine rings is 1. The number of nitrogens with zero attached hydrogens (tertiary/aromatic N) is 5. The van der Waals surface area contributed by atoms with E-state index in [1.807, 2.05) is 51.1 Å². The molecule has 2 saturated heterocycles. The number of carbonyl (C=O) groups is 3. The van der Waals surface area contributed by atoms with Gasteiger partial charge >= 0.3 is 11.8 Å². The van der Waals surface area contributed by atoms with E-state index >= 15 is 0 Å². The summed E-state index contributed by atoms with van der Waals surface area (Å²) in [5, 5.41) is 2.35. The second-order valence-electron chi connectivity index (χ2n) is 12.0. The summed E-state index contributed by atoms with van der Waals surface area (Å²) < 4.78 is 8.53. The number of aromatic nitrogens is 3. The summed E-state index contributed by atoms with van der Waals surface area (Å²) in [5.74, 6) is -0.385. The monoisotopic (exact) mass is 562 g/mol. The lowest BCUT2D eigenvalue weighted by Gasteiger charge is -2.32. The number of carbonyl (C=O) groups excluding carboxylic acids is 3. The maximum atomic E-state index is 13.1. The molecule has 1 unspecified atom stereocenters. The molecule has 2 aromatic heterocycles. The van der Waals surface area contributed by atoms with Crippen LogP contribution in [-0.4, -0.2) is 62.7 Å². The molecule has 3 amide bonds. The Morgan fingerprint density at radius 2 is 1.80 bits per heavy atom. The summed E-state index contributed by atoms with van der Waals surface area (Å²) in [6, 6.07) is 9.17. The molecule has 4 heterocycles. The molecule has 41 heavy (non-hydrogen) atoms. The third-order valence-corrected chi connectivity index (χ3v) is 7.91. The molecule has 0 aliphatic carbocycles. The Morgan fingerprint density at radius 1 is 1.07 bits per heavy atom. The van der Waals surface area contributed by atoms with Crippen molar-refractivity contribution < 1.29 is 19.1 Å². The number of hydrogen-bond donors (Lipinski definition) is 1. The normalized spacial score (nSPS) is 18.9. The number of piperidine rings is 2. The van der Waals surface area contributed by atoms with Gasteiger partial charge in [-0.05, 0) is 83.0 Å². The van der Waals surface area contributed by atoms with Crippen LogP contribution in [0.15, 0.2) is 41.3 Å². The van der Waals surface area contributed by atoms with Crippen molar-refractivity contribution in [1.29, 1.82) is 0 Å². The van der Waals surface area contributed by atoms with Gasteiger partial charge in [0.2, 0.25) is 11.8 Å². The highest BCUT2D eigenvalue weighted by molar-refractivity contribution is 6.00. The molecule has 2 fully saturated rings. The molecule has 5 rings (SSSR count). The Labute approximate surface area is 239 Å². The van der Waals surface area contributed by atoms with Crippen molar-refractivity contribution in [1.82, 2.24) is 24.3 Å². The lowest BCUT2D eigenvalue weighted by Crippen LogP contribution is -2.44. The fraction of sp³-hybridized carbons (Fsp3) is 0.500. The molecule has 1 atom stereocenters. The number of ether oxygens (including phenoxy) is 1. The minimum atomic E-state index is -0.686. The molecule has 2 aliphatic heterocycles. The van der Waals surface area contributed by atoms with Gasteiger partial charge in [0.15, 0.2) is 0 Å². The van der Waals surface area contributed by atoms with Gasteiger partial charge in [0.05, 0.1) is 22.9 Å². The summed E-state index contributed by atoms with van der Waals surface area (Å²) in [6.45, 7) is 8.11. The molecule has 0 radical (unpaired) electrons. The van der Waals surface area contributed by atoms with Crippen molar-refractivity contribution in [3.8, 4) is 0 Å². The molecule has 11 nitrogen and oxygen atoms in total. The van der Waals surface area contributed by atoms with Crippen LogP contribution in [0.3, 0.4) is 0 Å². The van der Waals surface area contributed by atoms with E-state index < -0.39 is 23.6 Å². The fourth-order valence-electron chi connectivity index (χ4n) is 5.66. The summed E-state index contributed by atoms with van der Waals surface area (Å²) in [5.41, 5.74) is 3.46. The number of likely N-dealkylation sites (tertiary alicyclic amines) is 1. The minimum absolute atomic E-state index is 0.218. The number of nitrogens with one attached hydrogen (secondary N) is 1. The first-order valence-electron chi connectivity index (χ1n) is 14.1. The van der Waals surface area contributed by atoms with Gasteiger partial charge < -0.3 is 4.74 Å². The molecule has 11 heteroatoms. The van der Waals surface area contributed by atoms with Gasteiger partial charge in [-0.1, -0.05) is 6.07 Å². The zero-order valence-corrected chi connectivity index (χ0v) is 24.3. The Bertz CT molecular complexity index is 1530. The largest absolute Gasteiger partial charge is 0.443 e. The minimum Gasteiger partial charge on any atom is -0.443 e. The SMILES string of the molecule is CN(C(=O)OC(C)(C)C)c1ccc(C2CCN(Cc3ccc4c(c3)n(C)c(=O)n4C3CCC(=O)NC3=O)CC2)nc1. The van der Waals surface area contributed by atoms with E-state index in [0.717, 1.165) is 49.2 Å². The first-order chi connectivity index (χ1) is 19.4. The van der Waals surface area contributed by atoms with E-state index in [9.17, 15) is 19.2 Å². The predicted molar refractivity (Wildman–Crippen MR) is 155 cm³/mol. The van der Waals surface area contributed by atoms with Crippen LogP contribution >= 0.6 is 0 Å². The van der Waals surface area contributed by atoms with Gasteiger partial charge in [-0.15, -0.1) is 0 Å². The summed E-state index contributed by atoms with van der Waals surface area (Å²) in [4.78, 5) is 58.0. The van der Waals surface area contributed by atoms with Crippen molar-refractivity contribution in [3.63, 3.8) is 0 Å². The number of rotatable bonds is 5. The fourth-order valence-corrected chi connectivity index (χ4v) is 5.66. The van der Waals surface area contributed by atoms with E-state index in [1.54, 1.807) is 24.9 Å². The molecule has 0 spiro atoms. The first kappa shape index (κ1) is 28.5. The predicted octanol–water partition coefficient (Wildman–Crippen LogP) is 3.46. The van der Waals surface area contributed by atoms with Gasteiger partial charge in [0, 0.05) is 38.7 Å². The van der Waals surface area contributed by atoms with Crippen molar-refractivity contribution in [3.05, 3.63) is 58.3 Å². The van der Waals surface area contributed by atoms with E-state index in [0.29, 0.717) is 23.5 Å². The third kappa shape index (κ3) is 6.04. The molecule has 1 aromatic carbocycles. The van der Waals surface area contributed by atoms with Crippen LogP contribution in [0.5, 0.6) is 0 Å². The summed E-state index contributed by atoms with van der Waals surface area (Å²) >= 11 is 0. The highest BCUT2D eigenvalue weighted by Crippen LogP contribution is 2.29. The van der Waals surface area contributed by atoms with Gasteiger partial charge in [-0.25, -0.2) is 9.59 Å². The third-order valence-electron chi connectivity index (χ3n) is 7.91. The molecular formula is C30H38N6O5. The maximum Gasteiger partial charge on any atom is 0.414 e. The van der Waals surface area contributed by atoms with Crippen LogP contribution in [0.25, 0.3) is 11.0 Å². The number of aryl methyl sites for hydroxylation is 1. The molecular weight excluding hydrogens is 524 g/mol. The van der Waals surface area contributed by atoms with Crippen molar-refractivity contribution in [2.75, 3.05) is 25.0 Å². The van der Waals surface area contributed by atoms with Crippen molar-refractivity contribution >= 4 is 34.6 Å². The summed E-state index contributed by atoms with van der Waals surface area (Å²) in [7, 11) is 3.40. The quantitative estimate of drug-likeness (QED) is 0.473. The van der Waals surface area contributed by atoms with Crippen LogP contribution in [0.2, 0.25) is 0 Å². The molecule has 0 saturated carbocycles. The average Bonchev–Trinajstić information content (AvgIpc) is 3.17. The zero-order valence-electron chi connectivity index (χ0n) is 24.3. The lowest BCUT2D eigenvalue weighted by molar-refractivity contribution is -0.135. The van der Waals surface area contributed by atoms with Crippen molar-refractivity contribution in [2.45, 2.75) is 70.6 Å². The first-order valence-corrected chi connectivity index (χ1v) is 14.1. The molecule has 218 valence electrons. The highest BCUT2D eigenvalue weighted by atomic mass is 16.6. The van der Waals surface area contributed by atoms with Crippen LogP contribution in [-0.2, 0) is 27.9 Å². The number of imidazole rings is 1. The number of hydrogen-bond acceptors (Lipinski definition) is 7. The topological polar surface area (TPSA) is 119 Å².